The molecule has 0 bridgehead atoms. The third-order valence-corrected chi connectivity index (χ3v) is 6.44. The Morgan fingerprint density at radius 1 is 1.00 bits per heavy atom. The zero-order chi connectivity index (χ0) is 24.7. The molecule has 1 N–H and O–H groups in total. The van der Waals surface area contributed by atoms with Crippen LogP contribution in [0.5, 0.6) is 11.5 Å². The monoisotopic (exact) mass is 486 g/mol. The molecule has 34 heavy (non-hydrogen) atoms. The van der Waals surface area contributed by atoms with Gasteiger partial charge in [0.15, 0.2) is 0 Å². The van der Waals surface area contributed by atoms with E-state index in [9.17, 15) is 17.6 Å². The van der Waals surface area contributed by atoms with Crippen molar-refractivity contribution in [3.8, 4) is 11.5 Å². The first-order valence-corrected chi connectivity index (χ1v) is 12.2. The highest BCUT2D eigenvalue weighted by atomic mass is 32.2. The van der Waals surface area contributed by atoms with Crippen LogP contribution in [0.4, 0.5) is 15.8 Å². The number of carbonyl (C=O) groups excluding carboxylic acids is 1. The summed E-state index contributed by atoms with van der Waals surface area (Å²) >= 11 is 0. The number of sulfonamides is 1. The molecular formula is C25H27FN2O5S. The van der Waals surface area contributed by atoms with Crippen LogP contribution in [0.25, 0.3) is 0 Å². The third-order valence-electron chi connectivity index (χ3n) is 4.65. The Labute approximate surface area is 199 Å². The first kappa shape index (κ1) is 25.0. The molecule has 0 heterocycles. The second-order valence-corrected chi connectivity index (χ2v) is 9.47. The maximum atomic E-state index is 13.4. The van der Waals surface area contributed by atoms with Crippen LogP contribution in [0.15, 0.2) is 77.7 Å². The molecule has 0 saturated heterocycles. The predicted octanol–water partition coefficient (Wildman–Crippen LogP) is 4.85. The molecule has 0 aliphatic carbocycles. The van der Waals surface area contributed by atoms with E-state index < -0.39 is 28.3 Å². The third kappa shape index (κ3) is 6.26. The zero-order valence-corrected chi connectivity index (χ0v) is 20.0. The van der Waals surface area contributed by atoms with Crippen molar-refractivity contribution < 1.29 is 27.1 Å². The SMILES string of the molecule is CCOc1ccc(N(CC(=O)Nc2ccccc2OC(C)C)S(=O)(=O)c2ccc(F)cc2)cc1. The number of hydrogen-bond donors (Lipinski definition) is 1. The number of ether oxygens (including phenoxy) is 2. The van der Waals surface area contributed by atoms with Gasteiger partial charge < -0.3 is 14.8 Å². The fourth-order valence-corrected chi connectivity index (χ4v) is 4.59. The van der Waals surface area contributed by atoms with Crippen LogP contribution in [0.2, 0.25) is 0 Å². The van der Waals surface area contributed by atoms with Gasteiger partial charge in [-0.05, 0) is 81.4 Å². The van der Waals surface area contributed by atoms with Crippen LogP contribution in [0.1, 0.15) is 20.8 Å². The van der Waals surface area contributed by atoms with Gasteiger partial charge in [-0.2, -0.15) is 0 Å². The normalized spacial score (nSPS) is 11.2. The molecule has 0 aliphatic heterocycles. The molecule has 0 radical (unpaired) electrons. The number of nitrogens with one attached hydrogen (secondary N) is 1. The van der Waals surface area contributed by atoms with Gasteiger partial charge >= 0.3 is 0 Å². The lowest BCUT2D eigenvalue weighted by molar-refractivity contribution is -0.114. The first-order chi connectivity index (χ1) is 16.2. The number of nitrogens with zero attached hydrogens (tertiary/aromatic N) is 1. The standard InChI is InChI=1S/C25H27FN2O5S/c1-4-32-21-13-11-20(12-14-21)28(34(30,31)22-15-9-19(26)10-16-22)17-25(29)27-23-7-5-6-8-24(23)33-18(2)3/h5-16,18H,4,17H2,1-3H3,(H,27,29). The molecule has 3 rings (SSSR count). The Bertz CT molecular complexity index is 1210. The van der Waals surface area contributed by atoms with E-state index in [-0.39, 0.29) is 16.7 Å². The van der Waals surface area contributed by atoms with Gasteiger partial charge in [0.05, 0.1) is 29.0 Å². The topological polar surface area (TPSA) is 84.9 Å². The van der Waals surface area contributed by atoms with Crippen molar-refractivity contribution in [1.29, 1.82) is 0 Å². The van der Waals surface area contributed by atoms with E-state index in [4.69, 9.17) is 9.47 Å². The Hall–Kier alpha value is -3.59. The first-order valence-electron chi connectivity index (χ1n) is 10.8. The van der Waals surface area contributed by atoms with Crippen molar-refractivity contribution in [1.82, 2.24) is 0 Å². The molecule has 3 aromatic carbocycles. The van der Waals surface area contributed by atoms with Gasteiger partial charge in [0, 0.05) is 0 Å². The van der Waals surface area contributed by atoms with E-state index in [0.29, 0.717) is 23.8 Å². The highest BCUT2D eigenvalue weighted by Crippen LogP contribution is 2.28. The van der Waals surface area contributed by atoms with Gasteiger partial charge in [-0.3, -0.25) is 9.10 Å². The average Bonchev–Trinajstić information content (AvgIpc) is 2.79. The lowest BCUT2D eigenvalue weighted by atomic mass is 10.2. The molecule has 9 heteroatoms. The lowest BCUT2D eigenvalue weighted by Crippen LogP contribution is -2.38. The fourth-order valence-electron chi connectivity index (χ4n) is 3.17. The van der Waals surface area contributed by atoms with Crippen LogP contribution in [0, 0.1) is 5.82 Å². The number of para-hydroxylation sites is 2. The second kappa shape index (κ2) is 11.0. The van der Waals surface area contributed by atoms with Crippen LogP contribution >= 0.6 is 0 Å². The van der Waals surface area contributed by atoms with E-state index in [1.807, 2.05) is 20.8 Å². The summed E-state index contributed by atoms with van der Waals surface area (Å²) in [4.78, 5) is 12.8. The maximum Gasteiger partial charge on any atom is 0.264 e. The quantitative estimate of drug-likeness (QED) is 0.443. The Morgan fingerprint density at radius 2 is 1.65 bits per heavy atom. The van der Waals surface area contributed by atoms with Crippen molar-refractivity contribution in [3.63, 3.8) is 0 Å². The summed E-state index contributed by atoms with van der Waals surface area (Å²) in [6, 6.07) is 17.7. The fraction of sp³-hybridized carbons (Fsp3) is 0.240. The molecule has 7 nitrogen and oxygen atoms in total. The molecule has 180 valence electrons. The largest absolute Gasteiger partial charge is 0.494 e. The summed E-state index contributed by atoms with van der Waals surface area (Å²) in [6.07, 6.45) is -0.114. The molecule has 3 aromatic rings. The molecule has 0 unspecified atom stereocenters. The van der Waals surface area contributed by atoms with E-state index in [1.54, 1.807) is 48.5 Å². The Balaban J connectivity index is 1.93. The van der Waals surface area contributed by atoms with Crippen molar-refractivity contribution >= 4 is 27.3 Å². The number of benzene rings is 3. The minimum absolute atomic E-state index is 0.114. The Morgan fingerprint density at radius 3 is 2.26 bits per heavy atom. The number of halogens is 1. The Kier molecular flexibility index (Phi) is 8.12. The van der Waals surface area contributed by atoms with Crippen molar-refractivity contribution in [2.75, 3.05) is 22.8 Å². The maximum absolute atomic E-state index is 13.4. The summed E-state index contributed by atoms with van der Waals surface area (Å²) in [5.74, 6) is -0.0973. The van der Waals surface area contributed by atoms with Gasteiger partial charge in [-0.15, -0.1) is 0 Å². The number of hydrogen-bond acceptors (Lipinski definition) is 5. The number of anilines is 2. The molecule has 0 spiro atoms. The van der Waals surface area contributed by atoms with Gasteiger partial charge in [0.25, 0.3) is 10.0 Å². The average molecular weight is 487 g/mol. The molecular weight excluding hydrogens is 459 g/mol. The summed E-state index contributed by atoms with van der Waals surface area (Å²) in [5.41, 5.74) is 0.682. The summed E-state index contributed by atoms with van der Waals surface area (Å²) in [6.45, 7) is 5.51. The van der Waals surface area contributed by atoms with Gasteiger partial charge in [0.2, 0.25) is 5.91 Å². The summed E-state index contributed by atoms with van der Waals surface area (Å²) in [5, 5.41) is 2.73. The van der Waals surface area contributed by atoms with Crippen LogP contribution < -0.4 is 19.1 Å². The summed E-state index contributed by atoms with van der Waals surface area (Å²) < 4.78 is 52.4. The smallest absolute Gasteiger partial charge is 0.264 e. The van der Waals surface area contributed by atoms with Gasteiger partial charge in [-0.25, -0.2) is 12.8 Å². The van der Waals surface area contributed by atoms with Crippen molar-refractivity contribution in [2.45, 2.75) is 31.8 Å². The number of amides is 1. The van der Waals surface area contributed by atoms with Crippen LogP contribution in [-0.4, -0.2) is 33.6 Å². The van der Waals surface area contributed by atoms with Crippen LogP contribution in [0.3, 0.4) is 0 Å². The van der Waals surface area contributed by atoms with E-state index >= 15 is 0 Å². The zero-order valence-electron chi connectivity index (χ0n) is 19.2. The van der Waals surface area contributed by atoms with Gasteiger partial charge in [-0.1, -0.05) is 12.1 Å². The molecule has 0 aliphatic rings. The number of rotatable bonds is 10. The minimum Gasteiger partial charge on any atom is -0.494 e. The molecule has 0 atom stereocenters. The second-order valence-electron chi connectivity index (χ2n) is 7.60. The minimum atomic E-state index is -4.18. The van der Waals surface area contributed by atoms with E-state index in [0.717, 1.165) is 28.6 Å². The van der Waals surface area contributed by atoms with Crippen molar-refractivity contribution in [2.24, 2.45) is 0 Å². The van der Waals surface area contributed by atoms with Crippen LogP contribution in [-0.2, 0) is 14.8 Å². The molecule has 1 amide bonds. The summed E-state index contributed by atoms with van der Waals surface area (Å²) in [7, 11) is -4.18. The van der Waals surface area contributed by atoms with Gasteiger partial charge in [0.1, 0.15) is 23.9 Å². The molecule has 0 aromatic heterocycles. The highest BCUT2D eigenvalue weighted by molar-refractivity contribution is 7.92. The number of carbonyl (C=O) groups is 1. The molecule has 0 fully saturated rings. The highest BCUT2D eigenvalue weighted by Gasteiger charge is 2.27. The van der Waals surface area contributed by atoms with E-state index in [1.165, 1.54) is 0 Å². The molecule has 0 saturated carbocycles. The lowest BCUT2D eigenvalue weighted by Gasteiger charge is -2.24. The predicted molar refractivity (Wildman–Crippen MR) is 129 cm³/mol. The van der Waals surface area contributed by atoms with Crippen molar-refractivity contribution in [3.05, 3.63) is 78.6 Å². The van der Waals surface area contributed by atoms with E-state index in [2.05, 4.69) is 5.32 Å².